The molecular formula is C31H31N3O7S. The van der Waals surface area contributed by atoms with Crippen molar-refractivity contribution in [3.05, 3.63) is 89.5 Å². The Kier molecular flexibility index (Phi) is 10.3. The molecule has 1 saturated heterocycles. The number of esters is 2. The Morgan fingerprint density at radius 1 is 0.881 bits per heavy atom. The zero-order valence-electron chi connectivity index (χ0n) is 23.5. The van der Waals surface area contributed by atoms with Crippen molar-refractivity contribution in [1.82, 2.24) is 4.90 Å². The van der Waals surface area contributed by atoms with Crippen molar-refractivity contribution in [2.24, 2.45) is 4.99 Å². The molecule has 218 valence electrons. The van der Waals surface area contributed by atoms with E-state index in [0.717, 1.165) is 5.56 Å². The lowest BCUT2D eigenvalue weighted by atomic mass is 10.1. The molecule has 10 nitrogen and oxygen atoms in total. The number of methoxy groups -OCH3 is 1. The predicted octanol–water partition coefficient (Wildman–Crippen LogP) is 5.21. The zero-order chi connectivity index (χ0) is 30.1. The van der Waals surface area contributed by atoms with E-state index >= 15 is 0 Å². The number of nitrogens with one attached hydrogen (secondary N) is 1. The first-order valence-electron chi connectivity index (χ1n) is 13.3. The fraction of sp³-hybridized carbons (Fsp3) is 0.258. The number of ether oxygens (including phenoxy) is 3. The normalized spacial score (nSPS) is 15.7. The van der Waals surface area contributed by atoms with Crippen LogP contribution in [0.2, 0.25) is 0 Å². The molecule has 1 fully saturated rings. The second kappa shape index (κ2) is 14.3. The molecule has 1 heterocycles. The quantitative estimate of drug-likeness (QED) is 0.320. The van der Waals surface area contributed by atoms with Crippen molar-refractivity contribution >= 4 is 52.1 Å². The summed E-state index contributed by atoms with van der Waals surface area (Å²) in [5.74, 6) is -0.819. The topological polar surface area (TPSA) is 124 Å². The minimum Gasteiger partial charge on any atom is -0.497 e. The molecule has 0 aliphatic carbocycles. The van der Waals surface area contributed by atoms with Crippen molar-refractivity contribution in [3.63, 3.8) is 0 Å². The van der Waals surface area contributed by atoms with Crippen LogP contribution in [0.15, 0.2) is 77.8 Å². The van der Waals surface area contributed by atoms with E-state index < -0.39 is 17.2 Å². The largest absolute Gasteiger partial charge is 0.497 e. The highest BCUT2D eigenvalue weighted by Gasteiger charge is 2.36. The van der Waals surface area contributed by atoms with E-state index in [0.29, 0.717) is 33.4 Å². The number of anilines is 1. The first kappa shape index (κ1) is 30.3. The van der Waals surface area contributed by atoms with Crippen LogP contribution in [0, 0.1) is 0 Å². The van der Waals surface area contributed by atoms with Gasteiger partial charge in [0.25, 0.3) is 0 Å². The Hall–Kier alpha value is -4.64. The third-order valence-corrected chi connectivity index (χ3v) is 7.39. The molecule has 3 aromatic carbocycles. The Labute approximate surface area is 248 Å². The molecule has 1 atom stereocenters. The number of hydrogen-bond acceptors (Lipinski definition) is 9. The van der Waals surface area contributed by atoms with Gasteiger partial charge in [-0.2, -0.15) is 0 Å². The molecule has 42 heavy (non-hydrogen) atoms. The van der Waals surface area contributed by atoms with E-state index in [-0.39, 0.29) is 38.0 Å². The number of aliphatic imine (C=N–C) groups is 1. The Balaban J connectivity index is 1.55. The van der Waals surface area contributed by atoms with E-state index in [2.05, 4.69) is 5.32 Å². The molecule has 0 unspecified atom stereocenters. The molecule has 4 rings (SSSR count). The van der Waals surface area contributed by atoms with Crippen LogP contribution in [0.1, 0.15) is 46.5 Å². The van der Waals surface area contributed by atoms with Crippen LogP contribution in [0.3, 0.4) is 0 Å². The van der Waals surface area contributed by atoms with Crippen LogP contribution >= 0.6 is 11.8 Å². The van der Waals surface area contributed by atoms with E-state index in [4.69, 9.17) is 19.2 Å². The monoisotopic (exact) mass is 589 g/mol. The Bertz CT molecular complexity index is 1460. The lowest BCUT2D eigenvalue weighted by Crippen LogP contribution is -2.44. The number of nitrogens with zero attached hydrogens (tertiary/aromatic N) is 2. The van der Waals surface area contributed by atoms with Gasteiger partial charge in [0.05, 0.1) is 43.7 Å². The molecule has 11 heteroatoms. The number of rotatable bonds is 10. The number of amidine groups is 1. The molecule has 0 saturated carbocycles. The summed E-state index contributed by atoms with van der Waals surface area (Å²) >= 11 is 1.18. The van der Waals surface area contributed by atoms with Crippen molar-refractivity contribution in [3.8, 4) is 5.75 Å². The van der Waals surface area contributed by atoms with Crippen LogP contribution in [0.5, 0.6) is 5.75 Å². The van der Waals surface area contributed by atoms with Crippen LogP contribution < -0.4 is 10.1 Å². The van der Waals surface area contributed by atoms with Gasteiger partial charge in [0, 0.05) is 12.1 Å². The average Bonchev–Trinajstić information content (AvgIpc) is 3.00. The first-order chi connectivity index (χ1) is 20.3. The van der Waals surface area contributed by atoms with E-state index in [1.807, 2.05) is 24.3 Å². The standard InChI is InChI=1S/C31H31N3O7S/c1-4-40-29(37)21-8-12-23(13-9-21)32-28(36)26-18-27(35)34(19-20-6-16-25(39-3)17-7-20)31(42-26)33-24-14-10-22(11-15-24)30(38)41-5-2/h6-17,26H,4-5,18-19H2,1-3H3,(H,32,36)/t26-/m1/s1. The van der Waals surface area contributed by atoms with Gasteiger partial charge in [-0.05, 0) is 80.1 Å². The van der Waals surface area contributed by atoms with Crippen molar-refractivity contribution in [1.29, 1.82) is 0 Å². The first-order valence-corrected chi connectivity index (χ1v) is 14.2. The van der Waals surface area contributed by atoms with Gasteiger partial charge >= 0.3 is 11.9 Å². The molecule has 1 aliphatic heterocycles. The summed E-state index contributed by atoms with van der Waals surface area (Å²) in [5, 5.41) is 2.43. The van der Waals surface area contributed by atoms with Gasteiger partial charge in [-0.25, -0.2) is 14.6 Å². The SMILES string of the molecule is CCOC(=O)c1ccc(N=C2S[C@@H](C(=O)Nc3ccc(C(=O)OCC)cc3)CC(=O)N2Cc2ccc(OC)cc2)cc1. The number of thioether (sulfide) groups is 1. The summed E-state index contributed by atoms with van der Waals surface area (Å²) in [6, 6.07) is 20.2. The maximum Gasteiger partial charge on any atom is 0.338 e. The van der Waals surface area contributed by atoms with Gasteiger partial charge in [-0.3, -0.25) is 14.5 Å². The van der Waals surface area contributed by atoms with Crippen LogP contribution in [-0.4, -0.2) is 59.4 Å². The minimum absolute atomic E-state index is 0.0334. The summed E-state index contributed by atoms with van der Waals surface area (Å²) in [7, 11) is 1.58. The molecule has 3 aromatic rings. The molecule has 0 spiro atoms. The second-order valence-corrected chi connectivity index (χ2v) is 10.3. The van der Waals surface area contributed by atoms with Gasteiger partial charge in [0.2, 0.25) is 11.8 Å². The number of carbonyl (C=O) groups excluding carboxylic acids is 4. The Morgan fingerprint density at radius 2 is 1.45 bits per heavy atom. The van der Waals surface area contributed by atoms with Gasteiger partial charge in [0.15, 0.2) is 5.17 Å². The summed E-state index contributed by atoms with van der Waals surface area (Å²) in [5.41, 5.74) is 2.60. The zero-order valence-corrected chi connectivity index (χ0v) is 24.3. The molecule has 1 N–H and O–H groups in total. The number of benzene rings is 3. The van der Waals surface area contributed by atoms with Gasteiger partial charge in [-0.15, -0.1) is 0 Å². The fourth-order valence-corrected chi connectivity index (χ4v) is 5.13. The summed E-state index contributed by atoms with van der Waals surface area (Å²) in [6.45, 7) is 4.24. The second-order valence-electron chi connectivity index (χ2n) is 9.09. The highest BCUT2D eigenvalue weighted by atomic mass is 32.2. The third kappa shape index (κ3) is 7.76. The number of hydrogen-bond donors (Lipinski definition) is 1. The fourth-order valence-electron chi connectivity index (χ4n) is 4.03. The maximum absolute atomic E-state index is 13.4. The summed E-state index contributed by atoms with van der Waals surface area (Å²) in [4.78, 5) is 56.8. The summed E-state index contributed by atoms with van der Waals surface area (Å²) < 4.78 is 15.3. The summed E-state index contributed by atoms with van der Waals surface area (Å²) in [6.07, 6.45) is -0.0334. The number of amides is 2. The van der Waals surface area contributed by atoms with Gasteiger partial charge in [0.1, 0.15) is 11.0 Å². The lowest BCUT2D eigenvalue weighted by Gasteiger charge is -2.32. The van der Waals surface area contributed by atoms with Gasteiger partial charge < -0.3 is 19.5 Å². The maximum atomic E-state index is 13.4. The molecule has 1 aliphatic rings. The average molecular weight is 590 g/mol. The number of carbonyl (C=O) groups is 4. The third-order valence-electron chi connectivity index (χ3n) is 6.20. The Morgan fingerprint density at radius 3 is 2.00 bits per heavy atom. The smallest absolute Gasteiger partial charge is 0.338 e. The highest BCUT2D eigenvalue weighted by Crippen LogP contribution is 2.31. The van der Waals surface area contributed by atoms with Crippen LogP contribution in [0.4, 0.5) is 11.4 Å². The molecule has 0 bridgehead atoms. The molecule has 0 radical (unpaired) electrons. The minimum atomic E-state index is -0.744. The van der Waals surface area contributed by atoms with Crippen molar-refractivity contribution in [2.45, 2.75) is 32.1 Å². The van der Waals surface area contributed by atoms with E-state index in [9.17, 15) is 19.2 Å². The van der Waals surface area contributed by atoms with Gasteiger partial charge in [-0.1, -0.05) is 23.9 Å². The van der Waals surface area contributed by atoms with Crippen LogP contribution in [-0.2, 0) is 25.6 Å². The predicted molar refractivity (Wildman–Crippen MR) is 160 cm³/mol. The van der Waals surface area contributed by atoms with Crippen LogP contribution in [0.25, 0.3) is 0 Å². The highest BCUT2D eigenvalue weighted by molar-refractivity contribution is 8.15. The lowest BCUT2D eigenvalue weighted by molar-refractivity contribution is -0.129. The molecular weight excluding hydrogens is 558 g/mol. The van der Waals surface area contributed by atoms with E-state index in [1.165, 1.54) is 11.8 Å². The van der Waals surface area contributed by atoms with Crippen molar-refractivity contribution in [2.75, 3.05) is 25.6 Å². The molecule has 2 amide bonds. The van der Waals surface area contributed by atoms with E-state index in [1.54, 1.807) is 74.4 Å². The van der Waals surface area contributed by atoms with Crippen molar-refractivity contribution < 1.29 is 33.4 Å². The molecule has 0 aromatic heterocycles.